The zero-order valence-electron chi connectivity index (χ0n) is 8.93. The van der Waals surface area contributed by atoms with E-state index in [0.717, 1.165) is 24.5 Å². The second-order valence-electron chi connectivity index (χ2n) is 4.43. The van der Waals surface area contributed by atoms with Gasteiger partial charge in [0.1, 0.15) is 10.0 Å². The van der Waals surface area contributed by atoms with E-state index in [-0.39, 0.29) is 21.8 Å². The second kappa shape index (κ2) is 4.04. The third-order valence-corrected chi connectivity index (χ3v) is 4.66. The lowest BCUT2D eigenvalue weighted by atomic mass is 9.90. The molecule has 0 bridgehead atoms. The molecule has 1 aliphatic heterocycles. The number of halogens is 3. The number of benzene rings is 1. The summed E-state index contributed by atoms with van der Waals surface area (Å²) < 4.78 is 0. The highest BCUT2D eigenvalue weighted by molar-refractivity contribution is 6.44. The van der Waals surface area contributed by atoms with E-state index in [1.165, 1.54) is 12.0 Å². The summed E-state index contributed by atoms with van der Waals surface area (Å²) in [7, 11) is 0. The fourth-order valence-electron chi connectivity index (χ4n) is 2.63. The molecule has 0 aromatic heterocycles. The molecule has 5 heteroatoms. The van der Waals surface area contributed by atoms with Crippen molar-refractivity contribution in [2.75, 3.05) is 0 Å². The summed E-state index contributed by atoms with van der Waals surface area (Å²) >= 11 is 18.3. The highest BCUT2D eigenvalue weighted by Gasteiger charge is 2.27. The molecule has 1 aromatic rings. The van der Waals surface area contributed by atoms with Gasteiger partial charge in [-0.25, -0.2) is 0 Å². The van der Waals surface area contributed by atoms with Crippen LogP contribution in [-0.4, -0.2) is 11.1 Å². The molecule has 0 spiro atoms. The smallest absolute Gasteiger partial charge is 0.156 e. The Hall–Kier alpha value is -0.440. The number of nitrogens with zero attached hydrogens (tertiary/aromatic N) is 1. The number of fused-ring (bicyclic) bond motifs is 2. The van der Waals surface area contributed by atoms with Crippen LogP contribution in [0.2, 0.25) is 15.1 Å². The van der Waals surface area contributed by atoms with Gasteiger partial charge in [0, 0.05) is 5.22 Å². The van der Waals surface area contributed by atoms with Crippen molar-refractivity contribution in [2.45, 2.75) is 31.7 Å². The first-order chi connectivity index (χ1) is 8.11. The molecule has 1 aliphatic carbocycles. The molecular formula is C12H10Cl3NO. The van der Waals surface area contributed by atoms with Crippen LogP contribution < -0.4 is 10.6 Å². The molecule has 1 heterocycles. The number of phenols is 1. The highest BCUT2D eigenvalue weighted by atomic mass is 35.5. The first-order valence-electron chi connectivity index (χ1n) is 5.57. The lowest BCUT2D eigenvalue weighted by Gasteiger charge is -2.18. The van der Waals surface area contributed by atoms with Crippen LogP contribution in [0.4, 0.5) is 0 Å². The largest absolute Gasteiger partial charge is 0.505 e. The fourth-order valence-corrected chi connectivity index (χ4v) is 3.41. The van der Waals surface area contributed by atoms with Crippen LogP contribution in [0.5, 0.6) is 5.75 Å². The zero-order chi connectivity index (χ0) is 12.2. The fraction of sp³-hybridized carbons (Fsp3) is 0.417. The Morgan fingerprint density at radius 2 is 1.82 bits per heavy atom. The standard InChI is InChI=1S/C12H10Cl3NO/c13-8-7-5-3-1-2-4-6(5)16-11(7)10(15)12(17)9(8)14/h6,17H,1-4H2. The maximum atomic E-state index is 9.77. The normalized spacial score (nSPS) is 22.1. The third kappa shape index (κ3) is 1.58. The van der Waals surface area contributed by atoms with Gasteiger partial charge in [-0.3, -0.25) is 4.99 Å². The molecular weight excluding hydrogens is 280 g/mol. The zero-order valence-corrected chi connectivity index (χ0v) is 11.2. The van der Waals surface area contributed by atoms with Gasteiger partial charge in [-0.2, -0.15) is 0 Å². The minimum atomic E-state index is -0.167. The number of aromatic hydroxyl groups is 1. The van der Waals surface area contributed by atoms with Crippen LogP contribution in [0, 0.1) is 0 Å². The Labute approximate surface area is 114 Å². The highest BCUT2D eigenvalue weighted by Crippen LogP contribution is 2.36. The first-order valence-corrected chi connectivity index (χ1v) is 6.71. The van der Waals surface area contributed by atoms with Crippen molar-refractivity contribution in [2.24, 2.45) is 4.99 Å². The van der Waals surface area contributed by atoms with Crippen LogP contribution in [-0.2, 0) is 0 Å². The number of hydrogen-bond acceptors (Lipinski definition) is 2. The SMILES string of the molecule is Oc1c(Cl)c(Cl)c2c(c1Cl)=NC1CCCCC=21. The first kappa shape index (κ1) is 11.6. The van der Waals surface area contributed by atoms with E-state index in [1.54, 1.807) is 0 Å². The van der Waals surface area contributed by atoms with Crippen molar-refractivity contribution in [3.05, 3.63) is 25.6 Å². The average molecular weight is 291 g/mol. The van der Waals surface area contributed by atoms with Crippen molar-refractivity contribution >= 4 is 40.4 Å². The van der Waals surface area contributed by atoms with E-state index in [1.807, 2.05) is 0 Å². The summed E-state index contributed by atoms with van der Waals surface area (Å²) in [5.41, 5.74) is 1.22. The Balaban J connectivity index is 2.45. The maximum absolute atomic E-state index is 9.77. The topological polar surface area (TPSA) is 32.6 Å². The Morgan fingerprint density at radius 1 is 1.06 bits per heavy atom. The quantitative estimate of drug-likeness (QED) is 0.732. The van der Waals surface area contributed by atoms with E-state index in [0.29, 0.717) is 10.4 Å². The molecule has 1 saturated carbocycles. The van der Waals surface area contributed by atoms with Crippen molar-refractivity contribution < 1.29 is 5.11 Å². The lowest BCUT2D eigenvalue weighted by Crippen LogP contribution is -2.26. The van der Waals surface area contributed by atoms with Crippen LogP contribution >= 0.6 is 34.8 Å². The Morgan fingerprint density at radius 3 is 2.59 bits per heavy atom. The van der Waals surface area contributed by atoms with Gasteiger partial charge in [-0.15, -0.1) is 0 Å². The molecule has 0 radical (unpaired) electrons. The van der Waals surface area contributed by atoms with Gasteiger partial charge in [0.2, 0.25) is 0 Å². The van der Waals surface area contributed by atoms with Crippen molar-refractivity contribution in [3.63, 3.8) is 0 Å². The monoisotopic (exact) mass is 289 g/mol. The minimum Gasteiger partial charge on any atom is -0.505 e. The minimum absolute atomic E-state index is 0.129. The number of phenolic OH excluding ortho intramolecular Hbond substituents is 1. The van der Waals surface area contributed by atoms with Crippen LogP contribution in [0.15, 0.2) is 4.99 Å². The molecule has 2 aliphatic rings. The molecule has 1 unspecified atom stereocenters. The summed E-state index contributed by atoms with van der Waals surface area (Å²) in [5, 5.41) is 12.0. The van der Waals surface area contributed by atoms with Crippen molar-refractivity contribution in [1.82, 2.24) is 0 Å². The molecule has 2 nitrogen and oxygen atoms in total. The molecule has 90 valence electrons. The van der Waals surface area contributed by atoms with E-state index in [9.17, 15) is 5.11 Å². The summed E-state index contributed by atoms with van der Waals surface area (Å²) in [5.74, 6) is -0.167. The van der Waals surface area contributed by atoms with Crippen molar-refractivity contribution in [3.8, 4) is 5.75 Å². The molecule has 1 aromatic carbocycles. The molecule has 17 heavy (non-hydrogen) atoms. The summed E-state index contributed by atoms with van der Waals surface area (Å²) in [6, 6.07) is 0.173. The molecule has 0 amide bonds. The summed E-state index contributed by atoms with van der Waals surface area (Å²) in [4.78, 5) is 4.56. The van der Waals surface area contributed by atoms with Gasteiger partial charge < -0.3 is 5.11 Å². The molecule has 0 saturated heterocycles. The Kier molecular flexibility index (Phi) is 2.77. The van der Waals surface area contributed by atoms with Gasteiger partial charge in [-0.1, -0.05) is 41.2 Å². The van der Waals surface area contributed by atoms with Gasteiger partial charge in [0.25, 0.3) is 0 Å². The summed E-state index contributed by atoms with van der Waals surface area (Å²) in [6.45, 7) is 0. The van der Waals surface area contributed by atoms with Gasteiger partial charge in [0.15, 0.2) is 5.75 Å². The second-order valence-corrected chi connectivity index (χ2v) is 5.56. The summed E-state index contributed by atoms with van der Waals surface area (Å²) in [6.07, 6.45) is 4.32. The van der Waals surface area contributed by atoms with Gasteiger partial charge in [0.05, 0.1) is 16.4 Å². The van der Waals surface area contributed by atoms with E-state index in [4.69, 9.17) is 34.8 Å². The van der Waals surface area contributed by atoms with Gasteiger partial charge >= 0.3 is 0 Å². The predicted molar refractivity (Wildman–Crippen MR) is 69.6 cm³/mol. The molecule has 3 rings (SSSR count). The third-order valence-electron chi connectivity index (χ3n) is 3.45. The lowest BCUT2D eigenvalue weighted by molar-refractivity contribution is 0.475. The maximum Gasteiger partial charge on any atom is 0.156 e. The van der Waals surface area contributed by atoms with Crippen molar-refractivity contribution in [1.29, 1.82) is 0 Å². The molecule has 1 fully saturated rings. The van der Waals surface area contributed by atoms with E-state index < -0.39 is 0 Å². The molecule has 1 atom stereocenters. The molecule has 1 N–H and O–H groups in total. The Bertz CT molecular complexity index is 624. The number of hydrogen-bond donors (Lipinski definition) is 1. The van der Waals surface area contributed by atoms with E-state index >= 15 is 0 Å². The van der Waals surface area contributed by atoms with Gasteiger partial charge in [-0.05, 0) is 24.8 Å². The van der Waals surface area contributed by atoms with Crippen LogP contribution in [0.25, 0.3) is 5.57 Å². The van der Waals surface area contributed by atoms with E-state index in [2.05, 4.69) is 4.99 Å². The number of rotatable bonds is 0. The van der Waals surface area contributed by atoms with Crippen LogP contribution in [0.3, 0.4) is 0 Å². The van der Waals surface area contributed by atoms with Crippen LogP contribution in [0.1, 0.15) is 25.7 Å². The predicted octanol–water partition coefficient (Wildman–Crippen LogP) is 3.08. The average Bonchev–Trinajstić information content (AvgIpc) is 2.73.